The first-order valence-electron chi connectivity index (χ1n) is 7.04. The quantitative estimate of drug-likeness (QED) is 0.779. The fourth-order valence-electron chi connectivity index (χ4n) is 2.66. The monoisotopic (exact) mass is 245 g/mol. The van der Waals surface area contributed by atoms with E-state index in [1.54, 1.807) is 0 Å². The molecule has 1 aliphatic rings. The van der Waals surface area contributed by atoms with Crippen molar-refractivity contribution in [3.05, 3.63) is 35.9 Å². The van der Waals surface area contributed by atoms with Gasteiger partial charge in [0, 0.05) is 19.0 Å². The zero-order valence-electron chi connectivity index (χ0n) is 11.4. The van der Waals surface area contributed by atoms with Gasteiger partial charge in [0.25, 0.3) is 0 Å². The van der Waals surface area contributed by atoms with E-state index in [-0.39, 0.29) is 0 Å². The second-order valence-electron chi connectivity index (χ2n) is 5.40. The third-order valence-electron chi connectivity index (χ3n) is 4.05. The standard InChI is InChI=1S/C16H23NO/c1-3-13(2)17-12-15(11-16(17)18)10-9-14-7-5-4-6-8-14/h4-8,13,15H,3,9-12H2,1-2H3/t13-,15?/m0/s1. The molecule has 1 aromatic rings. The molecular formula is C16H23NO. The Hall–Kier alpha value is -1.31. The average Bonchev–Trinajstić information content (AvgIpc) is 2.78. The van der Waals surface area contributed by atoms with Gasteiger partial charge in [0.2, 0.25) is 5.91 Å². The first-order chi connectivity index (χ1) is 8.70. The summed E-state index contributed by atoms with van der Waals surface area (Å²) in [5.41, 5.74) is 1.38. The number of carbonyl (C=O) groups is 1. The van der Waals surface area contributed by atoms with Crippen molar-refractivity contribution in [2.24, 2.45) is 5.92 Å². The predicted octanol–water partition coefficient (Wildman–Crippen LogP) is 3.27. The summed E-state index contributed by atoms with van der Waals surface area (Å²) in [4.78, 5) is 14.0. The van der Waals surface area contributed by atoms with E-state index >= 15 is 0 Å². The van der Waals surface area contributed by atoms with Crippen LogP contribution in [0.3, 0.4) is 0 Å². The van der Waals surface area contributed by atoms with Crippen molar-refractivity contribution in [1.29, 1.82) is 0 Å². The minimum Gasteiger partial charge on any atom is -0.340 e. The molecule has 98 valence electrons. The molecule has 1 unspecified atom stereocenters. The normalized spacial score (nSPS) is 21.3. The molecule has 1 saturated heterocycles. The van der Waals surface area contributed by atoms with E-state index in [9.17, 15) is 4.79 Å². The lowest BCUT2D eigenvalue weighted by Gasteiger charge is -2.23. The van der Waals surface area contributed by atoms with Crippen LogP contribution in [0.2, 0.25) is 0 Å². The highest BCUT2D eigenvalue weighted by Gasteiger charge is 2.31. The summed E-state index contributed by atoms with van der Waals surface area (Å²) in [5, 5.41) is 0. The molecule has 0 bridgehead atoms. The van der Waals surface area contributed by atoms with Gasteiger partial charge < -0.3 is 4.90 Å². The molecule has 0 saturated carbocycles. The molecule has 2 heteroatoms. The SMILES string of the molecule is CC[C@H](C)N1CC(CCc2ccccc2)CC1=O. The van der Waals surface area contributed by atoms with E-state index in [4.69, 9.17) is 0 Å². The Balaban J connectivity index is 1.84. The predicted molar refractivity (Wildman–Crippen MR) is 74.3 cm³/mol. The van der Waals surface area contributed by atoms with E-state index in [1.807, 2.05) is 6.07 Å². The van der Waals surface area contributed by atoms with Crippen molar-refractivity contribution in [1.82, 2.24) is 4.90 Å². The third kappa shape index (κ3) is 3.12. The number of benzene rings is 1. The molecule has 2 atom stereocenters. The highest BCUT2D eigenvalue weighted by molar-refractivity contribution is 5.78. The average molecular weight is 245 g/mol. The van der Waals surface area contributed by atoms with Crippen LogP contribution in [0.5, 0.6) is 0 Å². The third-order valence-corrected chi connectivity index (χ3v) is 4.05. The maximum Gasteiger partial charge on any atom is 0.223 e. The second kappa shape index (κ2) is 6.03. The highest BCUT2D eigenvalue weighted by Crippen LogP contribution is 2.25. The van der Waals surface area contributed by atoms with Crippen molar-refractivity contribution < 1.29 is 4.79 Å². The van der Waals surface area contributed by atoms with Gasteiger partial charge in [0.05, 0.1) is 0 Å². The van der Waals surface area contributed by atoms with Gasteiger partial charge in [-0.05, 0) is 37.7 Å². The number of rotatable bonds is 5. The molecule has 0 spiro atoms. The summed E-state index contributed by atoms with van der Waals surface area (Å²) in [6.07, 6.45) is 4.02. The molecular weight excluding hydrogens is 222 g/mol. The molecule has 1 aromatic carbocycles. The van der Waals surface area contributed by atoms with Gasteiger partial charge >= 0.3 is 0 Å². The van der Waals surface area contributed by atoms with Gasteiger partial charge in [-0.3, -0.25) is 4.79 Å². The van der Waals surface area contributed by atoms with Gasteiger partial charge in [-0.1, -0.05) is 37.3 Å². The van der Waals surface area contributed by atoms with Crippen molar-refractivity contribution in [2.45, 2.75) is 45.6 Å². The minimum atomic E-state index is 0.349. The van der Waals surface area contributed by atoms with Gasteiger partial charge in [-0.25, -0.2) is 0 Å². The first-order valence-corrected chi connectivity index (χ1v) is 7.04. The van der Waals surface area contributed by atoms with E-state index in [0.717, 1.165) is 32.2 Å². The van der Waals surface area contributed by atoms with Crippen molar-refractivity contribution in [3.8, 4) is 0 Å². The molecule has 18 heavy (non-hydrogen) atoms. The van der Waals surface area contributed by atoms with Crippen LogP contribution in [0.4, 0.5) is 0 Å². The molecule has 1 fully saturated rings. The summed E-state index contributed by atoms with van der Waals surface area (Å²) in [6, 6.07) is 11.0. The molecule has 2 rings (SSSR count). The summed E-state index contributed by atoms with van der Waals surface area (Å²) < 4.78 is 0. The molecule has 1 heterocycles. The Morgan fingerprint density at radius 3 is 2.72 bits per heavy atom. The fourth-order valence-corrected chi connectivity index (χ4v) is 2.66. The fraction of sp³-hybridized carbons (Fsp3) is 0.562. The Bertz CT molecular complexity index is 387. The van der Waals surface area contributed by atoms with Crippen molar-refractivity contribution in [2.75, 3.05) is 6.54 Å². The van der Waals surface area contributed by atoms with Crippen molar-refractivity contribution in [3.63, 3.8) is 0 Å². The molecule has 1 amide bonds. The molecule has 2 nitrogen and oxygen atoms in total. The van der Waals surface area contributed by atoms with E-state index in [0.29, 0.717) is 17.9 Å². The summed E-state index contributed by atoms with van der Waals surface area (Å²) in [6.45, 7) is 5.26. The van der Waals surface area contributed by atoms with E-state index in [2.05, 4.69) is 43.0 Å². The number of hydrogen-bond acceptors (Lipinski definition) is 1. The second-order valence-corrected chi connectivity index (χ2v) is 5.40. The lowest BCUT2D eigenvalue weighted by Crippen LogP contribution is -2.33. The molecule has 1 aliphatic heterocycles. The van der Waals surface area contributed by atoms with Crippen LogP contribution in [0.15, 0.2) is 30.3 Å². The first kappa shape index (κ1) is 13.1. The number of likely N-dealkylation sites (tertiary alicyclic amines) is 1. The van der Waals surface area contributed by atoms with Gasteiger partial charge in [-0.2, -0.15) is 0 Å². The Morgan fingerprint density at radius 1 is 1.33 bits per heavy atom. The number of carbonyl (C=O) groups excluding carboxylic acids is 1. The molecule has 0 aromatic heterocycles. The number of amides is 1. The van der Waals surface area contributed by atoms with Crippen LogP contribution >= 0.6 is 0 Å². The number of nitrogens with zero attached hydrogens (tertiary/aromatic N) is 1. The lowest BCUT2D eigenvalue weighted by atomic mass is 9.99. The summed E-state index contributed by atoms with van der Waals surface area (Å²) >= 11 is 0. The topological polar surface area (TPSA) is 20.3 Å². The largest absolute Gasteiger partial charge is 0.340 e. The minimum absolute atomic E-state index is 0.349. The zero-order valence-corrected chi connectivity index (χ0v) is 11.4. The molecule has 0 N–H and O–H groups in total. The Labute approximate surface area is 110 Å². The van der Waals surface area contributed by atoms with Crippen LogP contribution < -0.4 is 0 Å². The highest BCUT2D eigenvalue weighted by atomic mass is 16.2. The van der Waals surface area contributed by atoms with Gasteiger partial charge in [-0.15, -0.1) is 0 Å². The Kier molecular flexibility index (Phi) is 4.40. The molecule has 0 aliphatic carbocycles. The van der Waals surface area contributed by atoms with Crippen LogP contribution in [0, 0.1) is 5.92 Å². The van der Waals surface area contributed by atoms with E-state index in [1.165, 1.54) is 5.56 Å². The van der Waals surface area contributed by atoms with Crippen LogP contribution in [-0.2, 0) is 11.2 Å². The van der Waals surface area contributed by atoms with Crippen molar-refractivity contribution >= 4 is 5.91 Å². The van der Waals surface area contributed by atoms with Gasteiger partial charge in [0.15, 0.2) is 0 Å². The molecule has 0 radical (unpaired) electrons. The smallest absolute Gasteiger partial charge is 0.223 e. The van der Waals surface area contributed by atoms with E-state index < -0.39 is 0 Å². The van der Waals surface area contributed by atoms with Crippen LogP contribution in [-0.4, -0.2) is 23.4 Å². The van der Waals surface area contributed by atoms with Crippen LogP contribution in [0.1, 0.15) is 38.7 Å². The van der Waals surface area contributed by atoms with Gasteiger partial charge in [0.1, 0.15) is 0 Å². The Morgan fingerprint density at radius 2 is 2.06 bits per heavy atom. The lowest BCUT2D eigenvalue weighted by molar-refractivity contribution is -0.129. The number of aryl methyl sites for hydroxylation is 1. The maximum atomic E-state index is 11.9. The van der Waals surface area contributed by atoms with Crippen LogP contribution in [0.25, 0.3) is 0 Å². The summed E-state index contributed by atoms with van der Waals surface area (Å²) in [7, 11) is 0. The number of hydrogen-bond donors (Lipinski definition) is 0. The summed E-state index contributed by atoms with van der Waals surface area (Å²) in [5.74, 6) is 0.897. The maximum absolute atomic E-state index is 11.9. The zero-order chi connectivity index (χ0) is 13.0.